The molecule has 0 saturated heterocycles. The Morgan fingerprint density at radius 3 is 2.76 bits per heavy atom. The zero-order chi connectivity index (χ0) is 15.4. The second-order valence-corrected chi connectivity index (χ2v) is 4.93. The van der Waals surface area contributed by atoms with Crippen LogP contribution in [0.3, 0.4) is 0 Å². The Bertz CT molecular complexity index is 537. The first-order chi connectivity index (χ1) is 9.97. The van der Waals surface area contributed by atoms with Crippen LogP contribution in [0, 0.1) is 5.92 Å². The smallest absolute Gasteiger partial charge is 0.387 e. The molecule has 21 heavy (non-hydrogen) atoms. The first kappa shape index (κ1) is 15.2. The molecule has 1 saturated carbocycles. The third kappa shape index (κ3) is 3.90. The van der Waals surface area contributed by atoms with Crippen LogP contribution in [-0.4, -0.2) is 24.5 Å². The monoisotopic (exact) mass is 298 g/mol. The van der Waals surface area contributed by atoms with E-state index in [0.717, 1.165) is 6.42 Å². The summed E-state index contributed by atoms with van der Waals surface area (Å²) in [7, 11) is 0. The summed E-state index contributed by atoms with van der Waals surface area (Å²) >= 11 is 0. The molecular formula is C14H16F2N2O3. The SMILES string of the molecule is NC(=O)[C@H]1CCC[C@@H]1NC(=O)c1cccc(OC(F)F)c1. The predicted molar refractivity (Wildman–Crippen MR) is 70.9 cm³/mol. The molecule has 0 unspecified atom stereocenters. The summed E-state index contributed by atoms with van der Waals surface area (Å²) in [5, 5.41) is 2.72. The molecule has 0 heterocycles. The summed E-state index contributed by atoms with van der Waals surface area (Å²) in [6, 6.07) is 5.20. The van der Waals surface area contributed by atoms with E-state index in [1.807, 2.05) is 0 Å². The minimum Gasteiger partial charge on any atom is -0.435 e. The van der Waals surface area contributed by atoms with Gasteiger partial charge in [-0.15, -0.1) is 0 Å². The zero-order valence-corrected chi connectivity index (χ0v) is 11.2. The maximum Gasteiger partial charge on any atom is 0.387 e. The number of benzene rings is 1. The Labute approximate surface area is 120 Å². The molecule has 1 aromatic rings. The van der Waals surface area contributed by atoms with Crippen molar-refractivity contribution in [1.29, 1.82) is 0 Å². The molecule has 2 atom stereocenters. The van der Waals surface area contributed by atoms with Gasteiger partial charge in [-0.3, -0.25) is 9.59 Å². The van der Waals surface area contributed by atoms with Crippen molar-refractivity contribution < 1.29 is 23.1 Å². The minimum atomic E-state index is -2.95. The molecular weight excluding hydrogens is 282 g/mol. The molecule has 114 valence electrons. The third-order valence-electron chi connectivity index (χ3n) is 3.52. The van der Waals surface area contributed by atoms with Crippen molar-refractivity contribution in [2.75, 3.05) is 0 Å². The van der Waals surface area contributed by atoms with Crippen LogP contribution in [0.4, 0.5) is 8.78 Å². The Balaban J connectivity index is 2.04. The Morgan fingerprint density at radius 1 is 1.33 bits per heavy atom. The molecule has 2 amide bonds. The van der Waals surface area contributed by atoms with Crippen LogP contribution >= 0.6 is 0 Å². The highest BCUT2D eigenvalue weighted by atomic mass is 19.3. The van der Waals surface area contributed by atoms with Crippen LogP contribution in [0.5, 0.6) is 5.75 Å². The largest absolute Gasteiger partial charge is 0.435 e. The molecule has 1 fully saturated rings. The van der Waals surface area contributed by atoms with Crippen molar-refractivity contribution in [2.24, 2.45) is 11.7 Å². The average Bonchev–Trinajstić information content (AvgIpc) is 2.86. The second kappa shape index (κ2) is 6.51. The lowest BCUT2D eigenvalue weighted by atomic mass is 10.0. The molecule has 0 spiro atoms. The first-order valence-corrected chi connectivity index (χ1v) is 6.62. The lowest BCUT2D eigenvalue weighted by Gasteiger charge is -2.18. The van der Waals surface area contributed by atoms with Crippen molar-refractivity contribution in [3.05, 3.63) is 29.8 Å². The van der Waals surface area contributed by atoms with Crippen molar-refractivity contribution >= 4 is 11.8 Å². The highest BCUT2D eigenvalue weighted by molar-refractivity contribution is 5.95. The molecule has 0 bridgehead atoms. The van der Waals surface area contributed by atoms with Gasteiger partial charge >= 0.3 is 6.61 Å². The first-order valence-electron chi connectivity index (χ1n) is 6.62. The van der Waals surface area contributed by atoms with Gasteiger partial charge in [0.05, 0.1) is 5.92 Å². The molecule has 7 heteroatoms. The third-order valence-corrected chi connectivity index (χ3v) is 3.52. The fourth-order valence-electron chi connectivity index (χ4n) is 2.54. The maximum atomic E-state index is 12.1. The summed E-state index contributed by atoms with van der Waals surface area (Å²) in [6.07, 6.45) is 2.13. The fraction of sp³-hybridized carbons (Fsp3) is 0.429. The number of hydrogen-bond acceptors (Lipinski definition) is 3. The Kier molecular flexibility index (Phi) is 4.72. The van der Waals surface area contributed by atoms with Crippen molar-refractivity contribution in [3.63, 3.8) is 0 Å². The number of amides is 2. The fourth-order valence-corrected chi connectivity index (χ4v) is 2.54. The number of alkyl halides is 2. The van der Waals surface area contributed by atoms with E-state index < -0.39 is 18.4 Å². The average molecular weight is 298 g/mol. The van der Waals surface area contributed by atoms with Crippen LogP contribution in [-0.2, 0) is 4.79 Å². The number of nitrogens with one attached hydrogen (secondary N) is 1. The van der Waals surface area contributed by atoms with Gasteiger partial charge in [0.15, 0.2) is 0 Å². The van der Waals surface area contributed by atoms with Gasteiger partial charge in [-0.1, -0.05) is 12.5 Å². The predicted octanol–water partition coefficient (Wildman–Crippen LogP) is 1.67. The molecule has 1 aliphatic rings. The molecule has 0 aromatic heterocycles. The summed E-state index contributed by atoms with van der Waals surface area (Å²) in [6.45, 7) is -2.95. The normalized spacial score (nSPS) is 21.3. The van der Waals surface area contributed by atoms with E-state index in [4.69, 9.17) is 5.73 Å². The molecule has 5 nitrogen and oxygen atoms in total. The molecule has 1 aliphatic carbocycles. The van der Waals surface area contributed by atoms with Gasteiger partial charge in [-0.05, 0) is 31.0 Å². The van der Waals surface area contributed by atoms with Gasteiger partial charge in [0, 0.05) is 11.6 Å². The van der Waals surface area contributed by atoms with Crippen LogP contribution < -0.4 is 15.8 Å². The lowest BCUT2D eigenvalue weighted by Crippen LogP contribution is -2.42. The number of hydrogen-bond donors (Lipinski definition) is 2. The topological polar surface area (TPSA) is 81.4 Å². The van der Waals surface area contributed by atoms with Gasteiger partial charge in [0.25, 0.3) is 5.91 Å². The number of rotatable bonds is 5. The zero-order valence-electron chi connectivity index (χ0n) is 11.2. The quantitative estimate of drug-likeness (QED) is 0.867. The van der Waals surface area contributed by atoms with E-state index in [1.165, 1.54) is 24.3 Å². The van der Waals surface area contributed by atoms with E-state index in [2.05, 4.69) is 10.1 Å². The van der Waals surface area contributed by atoms with Gasteiger partial charge < -0.3 is 15.8 Å². The van der Waals surface area contributed by atoms with Gasteiger partial charge in [-0.2, -0.15) is 8.78 Å². The van der Waals surface area contributed by atoms with Crippen molar-refractivity contribution in [2.45, 2.75) is 31.9 Å². The number of primary amides is 1. The summed E-state index contributed by atoms with van der Waals surface area (Å²) in [5.74, 6) is -1.34. The molecule has 0 aliphatic heterocycles. The summed E-state index contributed by atoms with van der Waals surface area (Å²) < 4.78 is 28.5. The number of nitrogens with two attached hydrogens (primary N) is 1. The highest BCUT2D eigenvalue weighted by Gasteiger charge is 2.32. The molecule has 2 rings (SSSR count). The van der Waals surface area contributed by atoms with E-state index in [9.17, 15) is 18.4 Å². The standard InChI is InChI=1S/C14H16F2N2O3/c15-14(16)21-9-4-1-3-8(7-9)13(20)18-11-6-2-5-10(11)12(17)19/h1,3-4,7,10-11,14H,2,5-6H2,(H2,17,19)(H,18,20)/t10-,11-/m0/s1. The lowest BCUT2D eigenvalue weighted by molar-refractivity contribution is -0.122. The van der Waals surface area contributed by atoms with Crippen LogP contribution in [0.1, 0.15) is 29.6 Å². The molecule has 3 N–H and O–H groups in total. The Morgan fingerprint density at radius 2 is 2.10 bits per heavy atom. The van der Waals surface area contributed by atoms with E-state index >= 15 is 0 Å². The van der Waals surface area contributed by atoms with E-state index in [1.54, 1.807) is 0 Å². The molecule has 0 radical (unpaired) electrons. The van der Waals surface area contributed by atoms with Crippen LogP contribution in [0.2, 0.25) is 0 Å². The maximum absolute atomic E-state index is 12.1. The number of halogens is 2. The molecule has 1 aromatic carbocycles. The number of carbonyl (C=O) groups excluding carboxylic acids is 2. The van der Waals surface area contributed by atoms with Gasteiger partial charge in [0.2, 0.25) is 5.91 Å². The second-order valence-electron chi connectivity index (χ2n) is 4.93. The van der Waals surface area contributed by atoms with Crippen molar-refractivity contribution in [3.8, 4) is 5.75 Å². The Hall–Kier alpha value is -2.18. The summed E-state index contributed by atoms with van der Waals surface area (Å²) in [4.78, 5) is 23.4. The number of carbonyl (C=O) groups is 2. The van der Waals surface area contributed by atoms with Gasteiger partial charge in [-0.25, -0.2) is 0 Å². The van der Waals surface area contributed by atoms with Gasteiger partial charge in [0.1, 0.15) is 5.75 Å². The van der Waals surface area contributed by atoms with Crippen molar-refractivity contribution in [1.82, 2.24) is 5.32 Å². The highest BCUT2D eigenvalue weighted by Crippen LogP contribution is 2.26. The van der Waals surface area contributed by atoms with Crippen LogP contribution in [0.25, 0.3) is 0 Å². The van der Waals surface area contributed by atoms with E-state index in [-0.39, 0.29) is 23.3 Å². The minimum absolute atomic E-state index is 0.0875. The van der Waals surface area contributed by atoms with Crippen LogP contribution in [0.15, 0.2) is 24.3 Å². The van der Waals surface area contributed by atoms with E-state index in [0.29, 0.717) is 12.8 Å². The summed E-state index contributed by atoms with van der Waals surface area (Å²) in [5.41, 5.74) is 5.49. The number of ether oxygens (including phenoxy) is 1.